The smallest absolute Gasteiger partial charge is 0.159 e. The normalized spacial score (nSPS) is 39.4. The molecular formula is C13H22O2S. The van der Waals surface area contributed by atoms with Crippen molar-refractivity contribution in [2.45, 2.75) is 64.1 Å². The molecule has 1 aliphatic carbocycles. The van der Waals surface area contributed by atoms with Gasteiger partial charge in [-0.25, -0.2) is 0 Å². The van der Waals surface area contributed by atoms with E-state index in [-0.39, 0.29) is 0 Å². The summed E-state index contributed by atoms with van der Waals surface area (Å²) in [6.07, 6.45) is 14.0. The van der Waals surface area contributed by atoms with Gasteiger partial charge in [-0.15, -0.1) is 0 Å². The Morgan fingerprint density at radius 2 is 1.56 bits per heavy atom. The molecule has 3 unspecified atom stereocenters. The van der Waals surface area contributed by atoms with E-state index in [2.05, 4.69) is 19.1 Å². The van der Waals surface area contributed by atoms with Gasteiger partial charge in [-0.1, -0.05) is 25.5 Å². The molecule has 1 aliphatic heterocycles. The van der Waals surface area contributed by atoms with Gasteiger partial charge in [-0.3, -0.25) is 8.37 Å². The highest BCUT2D eigenvalue weighted by Crippen LogP contribution is 2.34. The predicted molar refractivity (Wildman–Crippen MR) is 68.0 cm³/mol. The summed E-state index contributed by atoms with van der Waals surface area (Å²) in [5.41, 5.74) is 0. The van der Waals surface area contributed by atoms with Crippen molar-refractivity contribution in [2.24, 2.45) is 5.92 Å². The van der Waals surface area contributed by atoms with Crippen LogP contribution >= 0.6 is 12.3 Å². The predicted octanol–water partition coefficient (Wildman–Crippen LogP) is 4.27. The Bertz CT molecular complexity index is 230. The van der Waals surface area contributed by atoms with Gasteiger partial charge in [-0.05, 0) is 38.5 Å². The molecule has 3 heteroatoms. The van der Waals surface area contributed by atoms with Gasteiger partial charge in [-0.2, -0.15) is 0 Å². The van der Waals surface area contributed by atoms with Gasteiger partial charge in [0.25, 0.3) is 0 Å². The van der Waals surface area contributed by atoms with E-state index in [0.29, 0.717) is 18.1 Å². The molecule has 2 rings (SSSR count). The zero-order valence-corrected chi connectivity index (χ0v) is 10.9. The first-order valence-corrected chi connectivity index (χ1v) is 7.18. The third-order valence-electron chi connectivity index (χ3n) is 3.63. The Morgan fingerprint density at radius 3 is 2.31 bits per heavy atom. The van der Waals surface area contributed by atoms with Crippen LogP contribution in [0.4, 0.5) is 0 Å². The SMILES string of the molecule is CC1C2CCC/C=C\CCCCC1OSO2. The number of rotatable bonds is 0. The summed E-state index contributed by atoms with van der Waals surface area (Å²) < 4.78 is 11.3. The van der Waals surface area contributed by atoms with Crippen LogP contribution in [0.15, 0.2) is 12.2 Å². The van der Waals surface area contributed by atoms with Gasteiger partial charge >= 0.3 is 0 Å². The van der Waals surface area contributed by atoms with Crippen molar-refractivity contribution < 1.29 is 8.37 Å². The van der Waals surface area contributed by atoms with E-state index in [9.17, 15) is 0 Å². The molecule has 1 saturated heterocycles. The summed E-state index contributed by atoms with van der Waals surface area (Å²) in [6, 6.07) is 0. The molecule has 2 aliphatic rings. The monoisotopic (exact) mass is 242 g/mol. The zero-order chi connectivity index (χ0) is 11.2. The molecule has 0 saturated carbocycles. The number of hydrogen-bond donors (Lipinski definition) is 0. The Balaban J connectivity index is 1.93. The van der Waals surface area contributed by atoms with E-state index in [1.165, 1.54) is 57.3 Å². The van der Waals surface area contributed by atoms with Gasteiger partial charge in [0, 0.05) is 5.92 Å². The number of allylic oxidation sites excluding steroid dienone is 2. The van der Waals surface area contributed by atoms with E-state index in [1.807, 2.05) is 0 Å². The Morgan fingerprint density at radius 1 is 0.938 bits per heavy atom. The molecule has 0 aromatic rings. The van der Waals surface area contributed by atoms with Crippen molar-refractivity contribution in [3.63, 3.8) is 0 Å². The van der Waals surface area contributed by atoms with Crippen LogP contribution in [0.5, 0.6) is 0 Å². The molecule has 0 amide bonds. The molecule has 3 atom stereocenters. The van der Waals surface area contributed by atoms with E-state index in [4.69, 9.17) is 8.37 Å². The maximum Gasteiger partial charge on any atom is 0.159 e. The van der Waals surface area contributed by atoms with Crippen molar-refractivity contribution in [1.82, 2.24) is 0 Å². The second-order valence-electron chi connectivity index (χ2n) is 4.88. The van der Waals surface area contributed by atoms with Gasteiger partial charge in [0.2, 0.25) is 0 Å². The largest absolute Gasteiger partial charge is 0.288 e. The van der Waals surface area contributed by atoms with Crippen LogP contribution in [0.25, 0.3) is 0 Å². The van der Waals surface area contributed by atoms with Crippen LogP contribution in [0.1, 0.15) is 51.9 Å². The fourth-order valence-corrected chi connectivity index (χ4v) is 3.23. The lowest BCUT2D eigenvalue weighted by atomic mass is 9.90. The highest BCUT2D eigenvalue weighted by Gasteiger charge is 2.32. The van der Waals surface area contributed by atoms with E-state index < -0.39 is 0 Å². The summed E-state index contributed by atoms with van der Waals surface area (Å²) in [7, 11) is 0. The van der Waals surface area contributed by atoms with Gasteiger partial charge in [0.05, 0.1) is 12.2 Å². The highest BCUT2D eigenvalue weighted by atomic mass is 32.2. The van der Waals surface area contributed by atoms with Gasteiger partial charge in [0.1, 0.15) is 0 Å². The molecule has 2 nitrogen and oxygen atoms in total. The summed E-state index contributed by atoms with van der Waals surface area (Å²) in [6.45, 7) is 2.27. The molecule has 0 N–H and O–H groups in total. The fraction of sp³-hybridized carbons (Fsp3) is 0.846. The molecule has 0 aromatic heterocycles. The summed E-state index contributed by atoms with van der Waals surface area (Å²) >= 11 is 1.22. The molecule has 0 aromatic carbocycles. The van der Waals surface area contributed by atoms with Crippen molar-refractivity contribution in [3.05, 3.63) is 12.2 Å². The Hall–Kier alpha value is 0.01000. The average Bonchev–Trinajstić information content (AvgIpc) is 2.30. The highest BCUT2D eigenvalue weighted by molar-refractivity contribution is 7.89. The first-order chi connectivity index (χ1) is 7.88. The summed E-state index contributed by atoms with van der Waals surface area (Å²) in [4.78, 5) is 0. The van der Waals surface area contributed by atoms with Crippen molar-refractivity contribution in [2.75, 3.05) is 0 Å². The maximum atomic E-state index is 5.64. The maximum absolute atomic E-state index is 5.64. The standard InChI is InChI=1S/C13H22O2S/c1-11-12-9-7-5-3-2-4-6-8-10-13(11)15-16-14-12/h2-3,11-13H,4-10H2,1H3/b3-2-. The molecule has 2 bridgehead atoms. The van der Waals surface area contributed by atoms with Gasteiger partial charge < -0.3 is 0 Å². The first kappa shape index (κ1) is 12.5. The van der Waals surface area contributed by atoms with Crippen molar-refractivity contribution in [3.8, 4) is 0 Å². The minimum Gasteiger partial charge on any atom is -0.288 e. The number of hydrogen-bond acceptors (Lipinski definition) is 3. The van der Waals surface area contributed by atoms with E-state index in [0.717, 1.165) is 0 Å². The van der Waals surface area contributed by atoms with Crippen LogP contribution in [0, 0.1) is 5.92 Å². The van der Waals surface area contributed by atoms with Crippen LogP contribution in [-0.2, 0) is 8.37 Å². The van der Waals surface area contributed by atoms with E-state index >= 15 is 0 Å². The molecule has 1 heterocycles. The Kier molecular flexibility index (Phi) is 5.20. The first-order valence-electron chi connectivity index (χ1n) is 6.52. The van der Waals surface area contributed by atoms with E-state index in [1.54, 1.807) is 0 Å². The molecule has 1 fully saturated rings. The molecule has 16 heavy (non-hydrogen) atoms. The third kappa shape index (κ3) is 3.51. The lowest BCUT2D eigenvalue weighted by Gasteiger charge is -2.34. The zero-order valence-electron chi connectivity index (χ0n) is 10.1. The number of fused-ring (bicyclic) bond motifs is 2. The van der Waals surface area contributed by atoms with Crippen molar-refractivity contribution >= 4 is 12.3 Å². The van der Waals surface area contributed by atoms with Crippen molar-refractivity contribution in [1.29, 1.82) is 0 Å². The topological polar surface area (TPSA) is 18.5 Å². The summed E-state index contributed by atoms with van der Waals surface area (Å²) in [5.74, 6) is 0.546. The van der Waals surface area contributed by atoms with Gasteiger partial charge in [0.15, 0.2) is 12.3 Å². The van der Waals surface area contributed by atoms with Crippen LogP contribution < -0.4 is 0 Å². The molecule has 92 valence electrons. The second-order valence-corrected chi connectivity index (χ2v) is 5.40. The summed E-state index contributed by atoms with van der Waals surface area (Å²) in [5, 5.41) is 0. The Labute approximate surface area is 103 Å². The van der Waals surface area contributed by atoms with Crippen LogP contribution in [0.2, 0.25) is 0 Å². The quantitative estimate of drug-likeness (QED) is 0.467. The minimum atomic E-state index is 0.386. The van der Waals surface area contributed by atoms with Crippen LogP contribution in [0.3, 0.4) is 0 Å². The fourth-order valence-electron chi connectivity index (χ4n) is 2.44. The lowest BCUT2D eigenvalue weighted by molar-refractivity contribution is 0.0107. The van der Waals surface area contributed by atoms with Crippen LogP contribution in [-0.4, -0.2) is 12.2 Å². The molecule has 0 radical (unpaired) electrons. The second kappa shape index (κ2) is 6.67. The third-order valence-corrected chi connectivity index (χ3v) is 4.29. The minimum absolute atomic E-state index is 0.386. The molecule has 0 spiro atoms. The lowest BCUT2D eigenvalue weighted by Crippen LogP contribution is -2.35. The average molecular weight is 242 g/mol. The molecular weight excluding hydrogens is 220 g/mol.